The summed E-state index contributed by atoms with van der Waals surface area (Å²) in [6.07, 6.45) is 4.03. The summed E-state index contributed by atoms with van der Waals surface area (Å²) in [5, 5.41) is 20.6. The molecule has 1 aliphatic carbocycles. The van der Waals surface area contributed by atoms with Gasteiger partial charge < -0.3 is 15.0 Å². The third kappa shape index (κ3) is 6.99. The van der Waals surface area contributed by atoms with Crippen molar-refractivity contribution in [2.45, 2.75) is 50.6 Å². The highest BCUT2D eigenvalue weighted by molar-refractivity contribution is 5.91. The predicted molar refractivity (Wildman–Crippen MR) is 123 cm³/mol. The summed E-state index contributed by atoms with van der Waals surface area (Å²) < 4.78 is 31.5. The number of alkyl halides is 2. The second-order valence-electron chi connectivity index (χ2n) is 8.66. The number of carbonyl (C=O) groups is 2. The van der Waals surface area contributed by atoms with Crippen LogP contribution >= 0.6 is 0 Å². The molecule has 2 N–H and O–H groups in total. The van der Waals surface area contributed by atoms with Crippen LogP contribution in [0.1, 0.15) is 47.6 Å². The highest BCUT2D eigenvalue weighted by Crippen LogP contribution is 2.39. The smallest absolute Gasteiger partial charge is 0.275 e. The van der Waals surface area contributed by atoms with Crippen LogP contribution < -0.4 is 10.1 Å². The maximum atomic E-state index is 13.0. The summed E-state index contributed by atoms with van der Waals surface area (Å²) in [6, 6.07) is 6.61. The maximum Gasteiger partial charge on any atom is 0.275 e. The number of pyridine rings is 1. The second-order valence-corrected chi connectivity index (χ2v) is 8.66. The third-order valence-electron chi connectivity index (χ3n) is 5.63. The molecule has 3 aromatic rings. The number of aromatic nitrogens is 6. The van der Waals surface area contributed by atoms with E-state index in [1.54, 1.807) is 36.2 Å². The van der Waals surface area contributed by atoms with Crippen LogP contribution in [0.15, 0.2) is 36.7 Å². The molecule has 0 aromatic carbocycles. The van der Waals surface area contributed by atoms with Gasteiger partial charge in [-0.25, -0.2) is 8.78 Å². The number of aryl methyl sites for hydroxylation is 1. The summed E-state index contributed by atoms with van der Waals surface area (Å²) in [5.41, 5.74) is 1.50. The number of H-pyrrole nitrogens is 1. The highest BCUT2D eigenvalue weighted by atomic mass is 19.3. The SMILES string of the molecule is CN(CCCCc1ccc(NC(=O)Cc2cc(OC3CC(F)(F)C3)ccn2)nn1)C(=O)c1c[nH]nn1. The molecule has 1 fully saturated rings. The lowest BCUT2D eigenvalue weighted by Crippen LogP contribution is -2.43. The summed E-state index contributed by atoms with van der Waals surface area (Å²) in [5.74, 6) is -2.47. The lowest BCUT2D eigenvalue weighted by atomic mass is 9.91. The maximum absolute atomic E-state index is 13.0. The van der Waals surface area contributed by atoms with E-state index < -0.39 is 12.0 Å². The molecule has 0 spiro atoms. The van der Waals surface area contributed by atoms with Gasteiger partial charge in [-0.1, -0.05) is 5.21 Å². The number of nitrogens with zero attached hydrogens (tertiary/aromatic N) is 6. The van der Waals surface area contributed by atoms with E-state index >= 15 is 0 Å². The molecule has 0 atom stereocenters. The van der Waals surface area contributed by atoms with Gasteiger partial charge in [-0.3, -0.25) is 19.7 Å². The van der Waals surface area contributed by atoms with E-state index in [0.29, 0.717) is 30.2 Å². The zero-order valence-corrected chi connectivity index (χ0v) is 19.7. The highest BCUT2D eigenvalue weighted by Gasteiger charge is 2.47. The Morgan fingerprint density at radius 3 is 2.69 bits per heavy atom. The normalized spacial score (nSPS) is 14.6. The van der Waals surface area contributed by atoms with Gasteiger partial charge in [0.25, 0.3) is 11.8 Å². The first kappa shape index (κ1) is 25.1. The molecule has 3 aromatic heterocycles. The van der Waals surface area contributed by atoms with Crippen LogP contribution in [-0.4, -0.2) is 72.9 Å². The van der Waals surface area contributed by atoms with Crippen molar-refractivity contribution in [2.24, 2.45) is 0 Å². The number of rotatable bonds is 11. The van der Waals surface area contributed by atoms with E-state index in [1.165, 1.54) is 12.4 Å². The fraction of sp³-hybridized carbons (Fsp3) is 0.435. The Balaban J connectivity index is 1.17. The van der Waals surface area contributed by atoms with Crippen LogP contribution in [0.3, 0.4) is 0 Å². The van der Waals surface area contributed by atoms with Crippen molar-refractivity contribution in [1.82, 2.24) is 35.5 Å². The number of aromatic amines is 1. The van der Waals surface area contributed by atoms with E-state index in [0.717, 1.165) is 18.5 Å². The Hall–Kier alpha value is -4.03. The van der Waals surface area contributed by atoms with Crippen LogP contribution in [0.25, 0.3) is 0 Å². The lowest BCUT2D eigenvalue weighted by Gasteiger charge is -2.34. The average molecular weight is 501 g/mol. The van der Waals surface area contributed by atoms with Crippen LogP contribution in [0, 0.1) is 0 Å². The molecule has 11 nitrogen and oxygen atoms in total. The van der Waals surface area contributed by atoms with Gasteiger partial charge in [0.05, 0.1) is 24.0 Å². The minimum absolute atomic E-state index is 0.0258. The number of carbonyl (C=O) groups excluding carboxylic acids is 2. The number of amides is 2. The van der Waals surface area contributed by atoms with Gasteiger partial charge in [0.2, 0.25) is 5.91 Å². The Labute approximate surface area is 205 Å². The Morgan fingerprint density at radius 2 is 2.00 bits per heavy atom. The third-order valence-corrected chi connectivity index (χ3v) is 5.63. The molecular formula is C23H26F2N8O3. The second kappa shape index (κ2) is 11.1. The first-order valence-corrected chi connectivity index (χ1v) is 11.5. The first-order chi connectivity index (χ1) is 17.3. The van der Waals surface area contributed by atoms with E-state index in [4.69, 9.17) is 4.74 Å². The summed E-state index contributed by atoms with van der Waals surface area (Å²) >= 11 is 0. The number of hydrogen-bond donors (Lipinski definition) is 2. The van der Waals surface area contributed by atoms with Crippen molar-refractivity contribution in [1.29, 1.82) is 0 Å². The average Bonchev–Trinajstić information content (AvgIpc) is 3.36. The molecule has 0 aliphatic heterocycles. The molecule has 190 valence electrons. The Morgan fingerprint density at radius 1 is 1.17 bits per heavy atom. The van der Waals surface area contributed by atoms with E-state index in [-0.39, 0.29) is 36.8 Å². The monoisotopic (exact) mass is 500 g/mol. The molecule has 2 amide bonds. The standard InChI is InChI=1S/C23H26F2N8O3/c1-33(22(35)19-14-27-32-30-19)9-3-2-4-15-5-6-20(31-29-15)28-21(34)11-16-10-17(7-8-26-16)36-18-12-23(24,25)13-18/h5-8,10,14,18H,2-4,9,11-13H2,1H3,(H,27,30,32)(H,28,31,34). The molecule has 3 heterocycles. The minimum Gasteiger partial charge on any atom is -0.490 e. The fourth-order valence-corrected chi connectivity index (χ4v) is 3.68. The van der Waals surface area contributed by atoms with Crippen LogP contribution in [-0.2, 0) is 17.6 Å². The molecular weight excluding hydrogens is 474 g/mol. The van der Waals surface area contributed by atoms with Crippen molar-refractivity contribution in [3.8, 4) is 5.75 Å². The van der Waals surface area contributed by atoms with Gasteiger partial charge in [-0.05, 0) is 37.5 Å². The van der Waals surface area contributed by atoms with Gasteiger partial charge in [0, 0.05) is 38.7 Å². The molecule has 0 bridgehead atoms. The van der Waals surface area contributed by atoms with Crippen LogP contribution in [0.5, 0.6) is 5.75 Å². The van der Waals surface area contributed by atoms with E-state index in [9.17, 15) is 18.4 Å². The number of halogens is 2. The molecule has 4 rings (SSSR count). The fourth-order valence-electron chi connectivity index (χ4n) is 3.68. The molecule has 1 saturated carbocycles. The van der Waals surface area contributed by atoms with Crippen molar-refractivity contribution >= 4 is 17.6 Å². The van der Waals surface area contributed by atoms with Gasteiger partial charge in [0.15, 0.2) is 11.5 Å². The van der Waals surface area contributed by atoms with E-state index in [2.05, 4.69) is 35.9 Å². The quantitative estimate of drug-likeness (QED) is 0.383. The van der Waals surface area contributed by atoms with Crippen molar-refractivity contribution < 1.29 is 23.1 Å². The number of unbranched alkanes of at least 4 members (excludes halogenated alkanes) is 1. The molecule has 13 heteroatoms. The Bertz CT molecular complexity index is 1170. The number of anilines is 1. The van der Waals surface area contributed by atoms with Crippen molar-refractivity contribution in [3.05, 3.63) is 53.7 Å². The Kier molecular flexibility index (Phi) is 7.76. The zero-order chi connectivity index (χ0) is 25.5. The lowest BCUT2D eigenvalue weighted by molar-refractivity contribution is -0.134. The minimum atomic E-state index is -2.66. The van der Waals surface area contributed by atoms with Crippen molar-refractivity contribution in [2.75, 3.05) is 18.9 Å². The number of nitrogens with one attached hydrogen (secondary N) is 2. The van der Waals surface area contributed by atoms with Crippen molar-refractivity contribution in [3.63, 3.8) is 0 Å². The molecule has 0 unspecified atom stereocenters. The largest absolute Gasteiger partial charge is 0.490 e. The molecule has 1 aliphatic rings. The van der Waals surface area contributed by atoms with Gasteiger partial charge in [-0.2, -0.15) is 5.10 Å². The summed E-state index contributed by atoms with van der Waals surface area (Å²) in [6.45, 7) is 0.570. The zero-order valence-electron chi connectivity index (χ0n) is 19.7. The number of hydrogen-bond acceptors (Lipinski definition) is 8. The van der Waals surface area contributed by atoms with Gasteiger partial charge in [0.1, 0.15) is 11.9 Å². The molecule has 0 saturated heterocycles. The summed E-state index contributed by atoms with van der Waals surface area (Å²) in [4.78, 5) is 30.2. The molecule has 0 radical (unpaired) electrons. The molecule has 36 heavy (non-hydrogen) atoms. The van der Waals surface area contributed by atoms with Crippen LogP contribution in [0.2, 0.25) is 0 Å². The number of ether oxygens (including phenoxy) is 1. The van der Waals surface area contributed by atoms with Gasteiger partial charge >= 0.3 is 0 Å². The predicted octanol–water partition coefficient (Wildman–Crippen LogP) is 2.44. The van der Waals surface area contributed by atoms with Crippen LogP contribution in [0.4, 0.5) is 14.6 Å². The topological polar surface area (TPSA) is 139 Å². The van der Waals surface area contributed by atoms with Gasteiger partial charge in [-0.15, -0.1) is 10.2 Å². The first-order valence-electron chi connectivity index (χ1n) is 11.5. The summed E-state index contributed by atoms with van der Waals surface area (Å²) in [7, 11) is 1.71. The van der Waals surface area contributed by atoms with E-state index in [1.807, 2.05) is 0 Å².